The third-order valence-corrected chi connectivity index (χ3v) is 4.27. The Kier molecular flexibility index (Phi) is 6.67. The van der Waals surface area contributed by atoms with Gasteiger partial charge >= 0.3 is 0 Å². The van der Waals surface area contributed by atoms with Gasteiger partial charge < -0.3 is 15.2 Å². The molecule has 2 rings (SSSR count). The predicted octanol–water partition coefficient (Wildman–Crippen LogP) is 3.63. The standard InChI is InChI=1S/C16H20ClNO2S/c1-12(13-4-6-14(17)7-5-13)18-9-15(19)10-20-11-16-3-2-8-21-16/h2-8,12,15,18-19H,9-11H2,1H3/t12-,15?/m0/s1. The fraction of sp³-hybridized carbons (Fsp3) is 0.375. The van der Waals surface area contributed by atoms with Crippen LogP contribution in [0.2, 0.25) is 5.02 Å². The Hall–Kier alpha value is -0.910. The van der Waals surface area contributed by atoms with Crippen molar-refractivity contribution in [1.29, 1.82) is 0 Å². The summed E-state index contributed by atoms with van der Waals surface area (Å²) < 4.78 is 5.50. The van der Waals surface area contributed by atoms with Gasteiger partial charge in [0, 0.05) is 22.5 Å². The molecule has 114 valence electrons. The highest BCUT2D eigenvalue weighted by Gasteiger charge is 2.09. The third kappa shape index (κ3) is 5.77. The van der Waals surface area contributed by atoms with Gasteiger partial charge in [0.15, 0.2) is 0 Å². The number of ether oxygens (including phenoxy) is 1. The summed E-state index contributed by atoms with van der Waals surface area (Å²) in [6, 6.07) is 11.9. The van der Waals surface area contributed by atoms with Crippen molar-refractivity contribution in [3.8, 4) is 0 Å². The maximum atomic E-state index is 9.91. The minimum atomic E-state index is -0.514. The zero-order valence-corrected chi connectivity index (χ0v) is 13.5. The summed E-state index contributed by atoms with van der Waals surface area (Å²) in [4.78, 5) is 1.17. The first-order chi connectivity index (χ1) is 10.1. The summed E-state index contributed by atoms with van der Waals surface area (Å²) in [5, 5.41) is 16.0. The van der Waals surface area contributed by atoms with Gasteiger partial charge in [-0.05, 0) is 36.1 Å². The first-order valence-corrected chi connectivity index (χ1v) is 8.18. The Balaban J connectivity index is 1.66. The molecule has 5 heteroatoms. The average Bonchev–Trinajstić information content (AvgIpc) is 2.99. The van der Waals surface area contributed by atoms with E-state index >= 15 is 0 Å². The molecule has 21 heavy (non-hydrogen) atoms. The van der Waals surface area contributed by atoms with Crippen molar-refractivity contribution in [2.75, 3.05) is 13.2 Å². The lowest BCUT2D eigenvalue weighted by atomic mass is 10.1. The molecule has 2 N–H and O–H groups in total. The van der Waals surface area contributed by atoms with Crippen LogP contribution in [-0.4, -0.2) is 24.4 Å². The van der Waals surface area contributed by atoms with Crippen LogP contribution in [0.4, 0.5) is 0 Å². The molecule has 1 unspecified atom stereocenters. The molecule has 0 saturated carbocycles. The number of thiophene rings is 1. The van der Waals surface area contributed by atoms with Crippen LogP contribution >= 0.6 is 22.9 Å². The highest BCUT2D eigenvalue weighted by molar-refractivity contribution is 7.09. The zero-order valence-electron chi connectivity index (χ0n) is 12.0. The quantitative estimate of drug-likeness (QED) is 0.778. The molecule has 0 aliphatic rings. The maximum Gasteiger partial charge on any atom is 0.0898 e. The molecule has 0 spiro atoms. The summed E-state index contributed by atoms with van der Waals surface area (Å²) >= 11 is 7.53. The fourth-order valence-electron chi connectivity index (χ4n) is 1.93. The second kappa shape index (κ2) is 8.51. The van der Waals surface area contributed by atoms with Crippen molar-refractivity contribution in [2.24, 2.45) is 0 Å². The van der Waals surface area contributed by atoms with Gasteiger partial charge in [-0.1, -0.05) is 29.8 Å². The van der Waals surface area contributed by atoms with E-state index in [0.717, 1.165) is 10.6 Å². The first kappa shape index (κ1) is 16.5. The largest absolute Gasteiger partial charge is 0.389 e. The van der Waals surface area contributed by atoms with Crippen LogP contribution in [0.25, 0.3) is 0 Å². The Morgan fingerprint density at radius 2 is 2.05 bits per heavy atom. The van der Waals surface area contributed by atoms with E-state index < -0.39 is 6.10 Å². The Morgan fingerprint density at radius 1 is 1.29 bits per heavy atom. The Labute approximate surface area is 134 Å². The molecule has 0 amide bonds. The molecule has 1 heterocycles. The van der Waals surface area contributed by atoms with E-state index in [1.165, 1.54) is 4.88 Å². The summed E-state index contributed by atoms with van der Waals surface area (Å²) in [6.45, 7) is 3.44. The minimum absolute atomic E-state index is 0.161. The van der Waals surface area contributed by atoms with Crippen molar-refractivity contribution in [3.63, 3.8) is 0 Å². The molecular weight excluding hydrogens is 306 g/mol. The molecular formula is C16H20ClNO2S. The first-order valence-electron chi connectivity index (χ1n) is 6.92. The molecule has 1 aromatic heterocycles. The molecule has 0 bridgehead atoms. The van der Waals surface area contributed by atoms with E-state index in [4.69, 9.17) is 16.3 Å². The van der Waals surface area contributed by atoms with Crippen molar-refractivity contribution in [2.45, 2.75) is 25.7 Å². The van der Waals surface area contributed by atoms with E-state index in [2.05, 4.69) is 12.2 Å². The van der Waals surface area contributed by atoms with Gasteiger partial charge in [-0.2, -0.15) is 0 Å². The average molecular weight is 326 g/mol. The summed E-state index contributed by atoms with van der Waals surface area (Å²) in [6.07, 6.45) is -0.514. The number of aliphatic hydroxyl groups is 1. The second-order valence-corrected chi connectivity index (χ2v) is 6.40. The van der Waals surface area contributed by atoms with Crippen molar-refractivity contribution >= 4 is 22.9 Å². The van der Waals surface area contributed by atoms with Crippen LogP contribution < -0.4 is 5.32 Å². The van der Waals surface area contributed by atoms with Crippen molar-refractivity contribution in [3.05, 3.63) is 57.2 Å². The normalized spacial score (nSPS) is 14.0. The monoisotopic (exact) mass is 325 g/mol. The van der Waals surface area contributed by atoms with E-state index in [1.807, 2.05) is 41.8 Å². The number of aliphatic hydroxyl groups excluding tert-OH is 1. The number of rotatable bonds is 8. The summed E-state index contributed by atoms with van der Waals surface area (Å²) in [5.41, 5.74) is 1.14. The molecule has 2 aromatic rings. The van der Waals surface area contributed by atoms with Crippen molar-refractivity contribution < 1.29 is 9.84 Å². The topological polar surface area (TPSA) is 41.5 Å². The molecule has 1 aromatic carbocycles. The van der Waals surface area contributed by atoms with E-state index in [-0.39, 0.29) is 6.04 Å². The SMILES string of the molecule is C[C@H](NCC(O)COCc1cccs1)c1ccc(Cl)cc1. The smallest absolute Gasteiger partial charge is 0.0898 e. The number of hydrogen-bond donors (Lipinski definition) is 2. The lowest BCUT2D eigenvalue weighted by molar-refractivity contribution is 0.0288. The lowest BCUT2D eigenvalue weighted by Gasteiger charge is -2.17. The van der Waals surface area contributed by atoms with Crippen LogP contribution in [0.15, 0.2) is 41.8 Å². The molecule has 0 aliphatic heterocycles. The molecule has 0 saturated heterocycles. The van der Waals surface area contributed by atoms with Gasteiger partial charge in [-0.3, -0.25) is 0 Å². The van der Waals surface area contributed by atoms with E-state index in [9.17, 15) is 5.11 Å². The van der Waals surface area contributed by atoms with Gasteiger partial charge in [0.25, 0.3) is 0 Å². The Bertz CT molecular complexity index is 516. The van der Waals surface area contributed by atoms with Crippen LogP contribution in [0, 0.1) is 0 Å². The Morgan fingerprint density at radius 3 is 2.71 bits per heavy atom. The number of benzene rings is 1. The number of nitrogens with one attached hydrogen (secondary N) is 1. The molecule has 0 radical (unpaired) electrons. The molecule has 2 atom stereocenters. The van der Waals surface area contributed by atoms with Gasteiger partial charge in [-0.25, -0.2) is 0 Å². The molecule has 0 aliphatic carbocycles. The maximum absolute atomic E-state index is 9.91. The minimum Gasteiger partial charge on any atom is -0.389 e. The molecule has 3 nitrogen and oxygen atoms in total. The van der Waals surface area contributed by atoms with Crippen LogP contribution in [0.5, 0.6) is 0 Å². The van der Waals surface area contributed by atoms with Crippen LogP contribution in [0.3, 0.4) is 0 Å². The summed E-state index contributed by atoms with van der Waals surface area (Å²) in [7, 11) is 0. The van der Waals surface area contributed by atoms with Gasteiger partial charge in [-0.15, -0.1) is 11.3 Å². The second-order valence-electron chi connectivity index (χ2n) is 4.93. The lowest BCUT2D eigenvalue weighted by Crippen LogP contribution is -2.32. The number of hydrogen-bond acceptors (Lipinski definition) is 4. The predicted molar refractivity (Wildman–Crippen MR) is 87.9 cm³/mol. The highest BCUT2D eigenvalue weighted by Crippen LogP contribution is 2.16. The third-order valence-electron chi connectivity index (χ3n) is 3.16. The van der Waals surface area contributed by atoms with Gasteiger partial charge in [0.2, 0.25) is 0 Å². The van der Waals surface area contributed by atoms with Crippen LogP contribution in [-0.2, 0) is 11.3 Å². The zero-order chi connectivity index (χ0) is 15.1. The fourth-order valence-corrected chi connectivity index (χ4v) is 2.70. The van der Waals surface area contributed by atoms with Gasteiger partial charge in [0.05, 0.1) is 19.3 Å². The van der Waals surface area contributed by atoms with E-state index in [1.54, 1.807) is 11.3 Å². The van der Waals surface area contributed by atoms with E-state index in [0.29, 0.717) is 19.8 Å². The highest BCUT2D eigenvalue weighted by atomic mass is 35.5. The van der Waals surface area contributed by atoms with Gasteiger partial charge in [0.1, 0.15) is 0 Å². The van der Waals surface area contributed by atoms with Crippen LogP contribution in [0.1, 0.15) is 23.4 Å². The number of halogens is 1. The summed E-state index contributed by atoms with van der Waals surface area (Å²) in [5.74, 6) is 0. The molecule has 0 fully saturated rings. The van der Waals surface area contributed by atoms with Crippen molar-refractivity contribution in [1.82, 2.24) is 5.32 Å².